The van der Waals surface area contributed by atoms with E-state index < -0.39 is 5.82 Å². The number of halogens is 1. The Bertz CT molecular complexity index is 1160. The maximum atomic E-state index is 14.6. The van der Waals surface area contributed by atoms with Gasteiger partial charge < -0.3 is 9.64 Å². The molecule has 32 heavy (non-hydrogen) atoms. The van der Waals surface area contributed by atoms with Crippen LogP contribution in [0.4, 0.5) is 4.39 Å². The molecule has 1 fully saturated rings. The van der Waals surface area contributed by atoms with E-state index in [0.717, 1.165) is 43.2 Å². The highest BCUT2D eigenvalue weighted by molar-refractivity contribution is 5.94. The number of carbonyl (C=O) groups is 1. The number of benzene rings is 2. The number of aromatic amines is 1. The van der Waals surface area contributed by atoms with Crippen molar-refractivity contribution in [2.75, 3.05) is 19.7 Å². The summed E-state index contributed by atoms with van der Waals surface area (Å²) >= 11 is 0. The van der Waals surface area contributed by atoms with Crippen LogP contribution in [-0.2, 0) is 11.2 Å². The Hall–Kier alpha value is -3.06. The first-order chi connectivity index (χ1) is 15.6. The zero-order valence-electron chi connectivity index (χ0n) is 18.3. The number of rotatable bonds is 6. The van der Waals surface area contributed by atoms with E-state index in [0.29, 0.717) is 30.6 Å². The van der Waals surface area contributed by atoms with Crippen LogP contribution in [0.2, 0.25) is 0 Å². The average Bonchev–Trinajstić information content (AvgIpc) is 3.06. The third-order valence-corrected chi connectivity index (χ3v) is 5.93. The number of hydrogen-bond acceptors (Lipinski definition) is 4. The summed E-state index contributed by atoms with van der Waals surface area (Å²) < 4.78 is 20.5. The van der Waals surface area contributed by atoms with Gasteiger partial charge in [0.25, 0.3) is 11.5 Å². The molecule has 1 amide bonds. The lowest BCUT2D eigenvalue weighted by molar-refractivity contribution is 0.0432. The molecule has 0 bridgehead atoms. The molecule has 2 heterocycles. The van der Waals surface area contributed by atoms with Gasteiger partial charge in [-0.15, -0.1) is 0 Å². The van der Waals surface area contributed by atoms with Gasteiger partial charge in [-0.1, -0.05) is 31.2 Å². The van der Waals surface area contributed by atoms with Crippen LogP contribution >= 0.6 is 0 Å². The van der Waals surface area contributed by atoms with E-state index in [1.54, 1.807) is 29.2 Å². The van der Waals surface area contributed by atoms with Gasteiger partial charge in [0.05, 0.1) is 22.7 Å². The second-order valence-corrected chi connectivity index (χ2v) is 8.25. The van der Waals surface area contributed by atoms with Crippen molar-refractivity contribution in [1.82, 2.24) is 15.1 Å². The molecule has 1 unspecified atom stereocenters. The summed E-state index contributed by atoms with van der Waals surface area (Å²) in [6.45, 7) is 3.96. The smallest absolute Gasteiger partial charge is 0.272 e. The topological polar surface area (TPSA) is 75.3 Å². The molecule has 168 valence electrons. The zero-order chi connectivity index (χ0) is 22.5. The number of nitrogens with zero attached hydrogens (tertiary/aromatic N) is 2. The number of ether oxygens (including phenoxy) is 1. The summed E-state index contributed by atoms with van der Waals surface area (Å²) in [5.74, 6) is -0.819. The molecule has 3 aromatic rings. The number of likely N-dealkylation sites (tertiary alicyclic amines) is 1. The van der Waals surface area contributed by atoms with Gasteiger partial charge in [-0.25, -0.2) is 9.49 Å². The van der Waals surface area contributed by atoms with E-state index in [2.05, 4.69) is 17.1 Å². The molecule has 0 radical (unpaired) electrons. The highest BCUT2D eigenvalue weighted by Crippen LogP contribution is 2.21. The van der Waals surface area contributed by atoms with Crippen LogP contribution in [0.3, 0.4) is 0 Å². The first-order valence-corrected chi connectivity index (χ1v) is 11.2. The molecule has 1 aromatic heterocycles. The Balaban J connectivity index is 1.54. The highest BCUT2D eigenvalue weighted by atomic mass is 19.1. The van der Waals surface area contributed by atoms with Gasteiger partial charge in [-0.2, -0.15) is 5.10 Å². The van der Waals surface area contributed by atoms with Crippen molar-refractivity contribution in [2.45, 2.75) is 45.1 Å². The summed E-state index contributed by atoms with van der Waals surface area (Å²) in [7, 11) is 0. The molecule has 4 rings (SSSR count). The number of carbonyl (C=O) groups excluding carboxylic acids is 1. The van der Waals surface area contributed by atoms with Crippen molar-refractivity contribution in [1.29, 1.82) is 0 Å². The number of aromatic nitrogens is 2. The molecule has 0 saturated carbocycles. The molecule has 1 N–H and O–H groups in total. The van der Waals surface area contributed by atoms with Gasteiger partial charge in [-0.3, -0.25) is 9.59 Å². The monoisotopic (exact) mass is 437 g/mol. The molecule has 1 aliphatic rings. The Labute approximate surface area is 186 Å². The summed E-state index contributed by atoms with van der Waals surface area (Å²) in [6.07, 6.45) is 4.02. The van der Waals surface area contributed by atoms with E-state index >= 15 is 0 Å². The van der Waals surface area contributed by atoms with Crippen molar-refractivity contribution in [3.05, 3.63) is 75.5 Å². The largest absolute Gasteiger partial charge is 0.378 e. The summed E-state index contributed by atoms with van der Waals surface area (Å²) in [6, 6.07) is 11.8. The van der Waals surface area contributed by atoms with E-state index in [-0.39, 0.29) is 23.1 Å². The van der Waals surface area contributed by atoms with Gasteiger partial charge in [0, 0.05) is 31.5 Å². The van der Waals surface area contributed by atoms with Gasteiger partial charge >= 0.3 is 0 Å². The number of nitrogens with one attached hydrogen (secondary N) is 1. The van der Waals surface area contributed by atoms with E-state index in [4.69, 9.17) is 4.74 Å². The number of hydrogen-bond donors (Lipinski definition) is 1. The SMILES string of the molecule is CCCOC1CCCN(C(=O)c2cc(Cc3n[nH]c(=O)c4ccccc34)ccc2F)CC1. The first-order valence-electron chi connectivity index (χ1n) is 11.2. The fourth-order valence-corrected chi connectivity index (χ4v) is 4.24. The maximum absolute atomic E-state index is 14.6. The lowest BCUT2D eigenvalue weighted by atomic mass is 10.0. The van der Waals surface area contributed by atoms with Crippen molar-refractivity contribution in [2.24, 2.45) is 0 Å². The Morgan fingerprint density at radius 1 is 1.19 bits per heavy atom. The number of H-pyrrole nitrogens is 1. The highest BCUT2D eigenvalue weighted by Gasteiger charge is 2.24. The maximum Gasteiger partial charge on any atom is 0.272 e. The van der Waals surface area contributed by atoms with Crippen LogP contribution < -0.4 is 5.56 Å². The van der Waals surface area contributed by atoms with E-state index in [1.807, 2.05) is 12.1 Å². The van der Waals surface area contributed by atoms with Crippen molar-refractivity contribution in [3.63, 3.8) is 0 Å². The molecular formula is C25H28FN3O3. The summed E-state index contributed by atoms with van der Waals surface area (Å²) in [5, 5.41) is 8.02. The van der Waals surface area contributed by atoms with Crippen LogP contribution in [-0.4, -0.2) is 46.8 Å². The van der Waals surface area contributed by atoms with Crippen LogP contribution in [0.15, 0.2) is 47.3 Å². The summed E-state index contributed by atoms with van der Waals surface area (Å²) in [4.78, 5) is 26.9. The molecule has 1 atom stereocenters. The van der Waals surface area contributed by atoms with Crippen molar-refractivity contribution < 1.29 is 13.9 Å². The second kappa shape index (κ2) is 10.0. The molecule has 6 nitrogen and oxygen atoms in total. The predicted molar refractivity (Wildman–Crippen MR) is 121 cm³/mol. The van der Waals surface area contributed by atoms with Gasteiger partial charge in [-0.05, 0) is 49.4 Å². The van der Waals surface area contributed by atoms with Crippen molar-refractivity contribution in [3.8, 4) is 0 Å². The van der Waals surface area contributed by atoms with Gasteiger partial charge in [0.1, 0.15) is 5.82 Å². The van der Waals surface area contributed by atoms with E-state index in [1.165, 1.54) is 6.07 Å². The molecule has 7 heteroatoms. The number of fused-ring (bicyclic) bond motifs is 1. The van der Waals surface area contributed by atoms with E-state index in [9.17, 15) is 14.0 Å². The average molecular weight is 438 g/mol. The van der Waals surface area contributed by atoms with Crippen LogP contribution in [0.5, 0.6) is 0 Å². The minimum atomic E-state index is -0.527. The second-order valence-electron chi connectivity index (χ2n) is 8.25. The first kappa shape index (κ1) is 22.1. The standard InChI is InChI=1S/C25H28FN3O3/c1-2-14-32-18-6-5-12-29(13-11-18)25(31)21-15-17(9-10-22(21)26)16-23-19-7-3-4-8-20(19)24(30)28-27-23/h3-4,7-10,15,18H,2,5-6,11-14,16H2,1H3,(H,28,30). The summed E-state index contributed by atoms with van der Waals surface area (Å²) in [5.41, 5.74) is 1.26. The van der Waals surface area contributed by atoms with Gasteiger partial charge in [0.15, 0.2) is 0 Å². The van der Waals surface area contributed by atoms with Crippen LogP contribution in [0, 0.1) is 5.82 Å². The normalized spacial score (nSPS) is 16.8. The lowest BCUT2D eigenvalue weighted by Crippen LogP contribution is -2.33. The lowest BCUT2D eigenvalue weighted by Gasteiger charge is -2.21. The zero-order valence-corrected chi connectivity index (χ0v) is 18.3. The molecular weight excluding hydrogens is 409 g/mol. The Kier molecular flexibility index (Phi) is 6.95. The predicted octanol–water partition coefficient (Wildman–Crippen LogP) is 4.07. The van der Waals surface area contributed by atoms with Crippen LogP contribution in [0.25, 0.3) is 10.8 Å². The molecule has 0 aliphatic carbocycles. The fourth-order valence-electron chi connectivity index (χ4n) is 4.24. The van der Waals surface area contributed by atoms with Crippen molar-refractivity contribution >= 4 is 16.7 Å². The third kappa shape index (κ3) is 4.88. The van der Waals surface area contributed by atoms with Gasteiger partial charge in [0.2, 0.25) is 0 Å². The molecule has 0 spiro atoms. The third-order valence-electron chi connectivity index (χ3n) is 5.93. The molecule has 1 saturated heterocycles. The molecule has 1 aliphatic heterocycles. The minimum Gasteiger partial charge on any atom is -0.378 e. The Morgan fingerprint density at radius 3 is 2.81 bits per heavy atom. The number of amides is 1. The molecule has 2 aromatic carbocycles. The van der Waals surface area contributed by atoms with Crippen LogP contribution in [0.1, 0.15) is 54.2 Å². The fraction of sp³-hybridized carbons (Fsp3) is 0.400. The Morgan fingerprint density at radius 2 is 2.00 bits per heavy atom. The quantitative estimate of drug-likeness (QED) is 0.631. The minimum absolute atomic E-state index is 0.0733.